The number of methoxy groups -OCH3 is 1. The van der Waals surface area contributed by atoms with Gasteiger partial charge in [-0.15, -0.1) is 0 Å². The Morgan fingerprint density at radius 3 is 1.97 bits per heavy atom. The summed E-state index contributed by atoms with van der Waals surface area (Å²) >= 11 is 0. The Hall–Kier alpha value is -3.66. The van der Waals surface area contributed by atoms with Crippen molar-refractivity contribution in [3.05, 3.63) is 102 Å². The van der Waals surface area contributed by atoms with Crippen molar-refractivity contribution >= 4 is 23.4 Å². The Morgan fingerprint density at radius 2 is 1.34 bits per heavy atom. The maximum absolute atomic E-state index is 13.0. The second-order valence-corrected chi connectivity index (χ2v) is 6.44. The summed E-state index contributed by atoms with van der Waals surface area (Å²) in [4.78, 5) is 25.6. The monoisotopic (exact) mass is 386 g/mol. The van der Waals surface area contributed by atoms with Gasteiger partial charge in [-0.3, -0.25) is 4.79 Å². The maximum atomic E-state index is 13.0. The number of carbonyl (C=O) groups is 2. The minimum absolute atomic E-state index is 0.247. The molecule has 0 heterocycles. The van der Waals surface area contributed by atoms with Gasteiger partial charge in [-0.25, -0.2) is 4.79 Å². The number of benzene rings is 3. The molecular formula is C25H22O4. The van der Waals surface area contributed by atoms with Crippen molar-refractivity contribution in [2.75, 3.05) is 7.11 Å². The predicted molar refractivity (Wildman–Crippen MR) is 114 cm³/mol. The van der Waals surface area contributed by atoms with Crippen molar-refractivity contribution in [3.63, 3.8) is 0 Å². The highest BCUT2D eigenvalue weighted by Crippen LogP contribution is 2.26. The lowest BCUT2D eigenvalue weighted by Crippen LogP contribution is -2.24. The summed E-state index contributed by atoms with van der Waals surface area (Å²) in [6, 6.07) is 25.4. The van der Waals surface area contributed by atoms with E-state index in [1.807, 2.05) is 60.7 Å². The molecule has 0 saturated heterocycles. The third-order valence-corrected chi connectivity index (χ3v) is 4.45. The minimum atomic E-state index is -0.908. The van der Waals surface area contributed by atoms with E-state index in [-0.39, 0.29) is 5.78 Å². The summed E-state index contributed by atoms with van der Waals surface area (Å²) in [5.41, 5.74) is 2.29. The second-order valence-electron chi connectivity index (χ2n) is 6.44. The highest BCUT2D eigenvalue weighted by Gasteiger charge is 2.22. The van der Waals surface area contributed by atoms with Crippen LogP contribution in [0.3, 0.4) is 0 Å². The first-order valence-electron chi connectivity index (χ1n) is 9.30. The summed E-state index contributed by atoms with van der Waals surface area (Å²) in [5, 5.41) is 0. The van der Waals surface area contributed by atoms with Crippen LogP contribution >= 0.6 is 0 Å². The molecular weight excluding hydrogens is 364 g/mol. The fraction of sp³-hybridized carbons (Fsp3) is 0.120. The predicted octanol–water partition coefficient (Wildman–Crippen LogP) is 5.05. The summed E-state index contributed by atoms with van der Waals surface area (Å²) in [6.45, 7) is 1.58. The van der Waals surface area contributed by atoms with Crippen molar-refractivity contribution in [2.24, 2.45) is 0 Å². The van der Waals surface area contributed by atoms with Crippen LogP contribution in [0.5, 0.6) is 5.75 Å². The van der Waals surface area contributed by atoms with E-state index in [1.54, 1.807) is 44.4 Å². The molecule has 0 bridgehead atoms. The Morgan fingerprint density at radius 1 is 0.793 bits per heavy atom. The standard InChI is InChI=1S/C25H22O4/c1-18(24(26)20-13-7-4-8-14-20)29-25(27)22(19-11-5-3-6-12-19)17-21-15-9-10-16-23(21)28-2/h3-18H,1-2H3. The van der Waals surface area contributed by atoms with Crippen LogP contribution < -0.4 is 4.74 Å². The quantitative estimate of drug-likeness (QED) is 0.247. The number of hydrogen-bond acceptors (Lipinski definition) is 4. The van der Waals surface area contributed by atoms with Crippen molar-refractivity contribution in [3.8, 4) is 5.75 Å². The van der Waals surface area contributed by atoms with Crippen LogP contribution in [0.2, 0.25) is 0 Å². The number of ketones is 1. The van der Waals surface area contributed by atoms with Gasteiger partial charge in [0.05, 0.1) is 12.7 Å². The highest BCUT2D eigenvalue weighted by atomic mass is 16.5. The first-order chi connectivity index (χ1) is 14.1. The molecule has 146 valence electrons. The molecule has 3 rings (SSSR count). The molecule has 0 aliphatic rings. The minimum Gasteiger partial charge on any atom is -0.496 e. The van der Waals surface area contributed by atoms with Gasteiger partial charge in [0.2, 0.25) is 5.78 Å². The zero-order valence-corrected chi connectivity index (χ0v) is 16.4. The zero-order valence-electron chi connectivity index (χ0n) is 16.4. The van der Waals surface area contributed by atoms with Gasteiger partial charge in [0, 0.05) is 11.1 Å². The van der Waals surface area contributed by atoms with Crippen LogP contribution in [0.1, 0.15) is 28.4 Å². The highest BCUT2D eigenvalue weighted by molar-refractivity contribution is 6.22. The fourth-order valence-electron chi connectivity index (χ4n) is 2.93. The van der Waals surface area contributed by atoms with Crippen LogP contribution in [0.25, 0.3) is 11.6 Å². The zero-order chi connectivity index (χ0) is 20.6. The van der Waals surface area contributed by atoms with Crippen LogP contribution in [-0.2, 0) is 9.53 Å². The van der Waals surface area contributed by atoms with Gasteiger partial charge in [-0.05, 0) is 24.6 Å². The first kappa shape index (κ1) is 20.1. The van der Waals surface area contributed by atoms with E-state index in [0.29, 0.717) is 22.4 Å². The average molecular weight is 386 g/mol. The summed E-state index contributed by atoms with van der Waals surface area (Å²) in [6.07, 6.45) is 0.811. The first-order valence-corrected chi connectivity index (χ1v) is 9.30. The van der Waals surface area contributed by atoms with E-state index in [0.717, 1.165) is 5.56 Å². The van der Waals surface area contributed by atoms with Crippen molar-refractivity contribution < 1.29 is 19.1 Å². The number of esters is 1. The number of rotatable bonds is 7. The van der Waals surface area contributed by atoms with Crippen molar-refractivity contribution in [2.45, 2.75) is 13.0 Å². The van der Waals surface area contributed by atoms with E-state index in [4.69, 9.17) is 9.47 Å². The largest absolute Gasteiger partial charge is 0.496 e. The number of hydrogen-bond donors (Lipinski definition) is 0. The van der Waals surface area contributed by atoms with E-state index >= 15 is 0 Å². The van der Waals surface area contributed by atoms with Gasteiger partial charge >= 0.3 is 5.97 Å². The number of ether oxygens (including phenoxy) is 2. The van der Waals surface area contributed by atoms with E-state index in [9.17, 15) is 9.59 Å². The molecule has 4 nitrogen and oxygen atoms in total. The van der Waals surface area contributed by atoms with Gasteiger partial charge < -0.3 is 9.47 Å². The van der Waals surface area contributed by atoms with Crippen LogP contribution in [0.4, 0.5) is 0 Å². The third-order valence-electron chi connectivity index (χ3n) is 4.45. The average Bonchev–Trinajstić information content (AvgIpc) is 2.78. The lowest BCUT2D eigenvalue weighted by atomic mass is 10.0. The lowest BCUT2D eigenvalue weighted by Gasteiger charge is -2.15. The van der Waals surface area contributed by atoms with Gasteiger partial charge in [-0.1, -0.05) is 78.9 Å². The molecule has 1 unspecified atom stereocenters. The van der Waals surface area contributed by atoms with E-state index in [1.165, 1.54) is 0 Å². The van der Waals surface area contributed by atoms with Crippen molar-refractivity contribution in [1.29, 1.82) is 0 Å². The Bertz CT molecular complexity index is 1010. The van der Waals surface area contributed by atoms with Crippen LogP contribution in [-0.4, -0.2) is 25.0 Å². The molecule has 3 aromatic carbocycles. The fourth-order valence-corrected chi connectivity index (χ4v) is 2.93. The molecule has 0 aromatic heterocycles. The summed E-state index contributed by atoms with van der Waals surface area (Å²) < 4.78 is 10.9. The van der Waals surface area contributed by atoms with Crippen LogP contribution in [0, 0.1) is 0 Å². The Balaban J connectivity index is 1.91. The third kappa shape index (κ3) is 4.99. The number of para-hydroxylation sites is 1. The molecule has 0 aliphatic heterocycles. The van der Waals surface area contributed by atoms with Gasteiger partial charge in [0.1, 0.15) is 5.75 Å². The molecule has 0 amide bonds. The normalized spacial score (nSPS) is 12.1. The van der Waals surface area contributed by atoms with Crippen molar-refractivity contribution in [1.82, 2.24) is 0 Å². The summed E-state index contributed by atoms with van der Waals surface area (Å²) in [7, 11) is 1.58. The Kier molecular flexibility index (Phi) is 6.59. The molecule has 0 saturated carbocycles. The SMILES string of the molecule is COc1ccccc1C=C(C(=O)OC(C)C(=O)c1ccccc1)c1ccccc1. The Labute approximate surface area is 170 Å². The summed E-state index contributed by atoms with van der Waals surface area (Å²) in [5.74, 6) is -0.176. The lowest BCUT2D eigenvalue weighted by molar-refractivity contribution is -0.139. The van der Waals surface area contributed by atoms with Crippen LogP contribution in [0.15, 0.2) is 84.9 Å². The van der Waals surface area contributed by atoms with E-state index in [2.05, 4.69) is 0 Å². The maximum Gasteiger partial charge on any atom is 0.339 e. The second kappa shape index (κ2) is 9.51. The molecule has 0 N–H and O–H groups in total. The molecule has 1 atom stereocenters. The molecule has 3 aromatic rings. The number of carbonyl (C=O) groups excluding carboxylic acids is 2. The molecule has 0 fully saturated rings. The topological polar surface area (TPSA) is 52.6 Å². The van der Waals surface area contributed by atoms with E-state index < -0.39 is 12.1 Å². The molecule has 29 heavy (non-hydrogen) atoms. The molecule has 0 radical (unpaired) electrons. The molecule has 0 aliphatic carbocycles. The van der Waals surface area contributed by atoms with Gasteiger partial charge in [0.25, 0.3) is 0 Å². The molecule has 4 heteroatoms. The van der Waals surface area contributed by atoms with Gasteiger partial charge in [-0.2, -0.15) is 0 Å². The number of Topliss-reactive ketones (excluding diaryl/α,β-unsaturated/α-hetero) is 1. The smallest absolute Gasteiger partial charge is 0.339 e. The molecule has 0 spiro atoms. The van der Waals surface area contributed by atoms with Gasteiger partial charge in [0.15, 0.2) is 6.10 Å².